The molecule has 0 aromatic carbocycles. The number of halogens is 2. The average Bonchev–Trinajstić information content (AvgIpc) is 2.52. The summed E-state index contributed by atoms with van der Waals surface area (Å²) in [5.74, 6) is -0.448. The molecule has 0 aliphatic carbocycles. The third-order valence-corrected chi connectivity index (χ3v) is 2.76. The second-order valence-corrected chi connectivity index (χ2v) is 4.42. The van der Waals surface area contributed by atoms with Crippen LogP contribution in [0.1, 0.15) is 29.8 Å². The summed E-state index contributed by atoms with van der Waals surface area (Å²) >= 11 is 0. The second-order valence-electron chi connectivity index (χ2n) is 4.42. The Kier molecular flexibility index (Phi) is 5.82. The van der Waals surface area contributed by atoms with Crippen LogP contribution in [0.2, 0.25) is 0 Å². The number of ether oxygens (including phenoxy) is 2. The number of pyridine rings is 1. The van der Waals surface area contributed by atoms with Gasteiger partial charge in [-0.15, -0.1) is 0 Å². The number of nitrogens with zero attached hydrogens (tertiary/aromatic N) is 1. The van der Waals surface area contributed by atoms with E-state index in [2.05, 4.69) is 10.5 Å². The quantitative estimate of drug-likeness (QED) is 0.813. The summed E-state index contributed by atoms with van der Waals surface area (Å²) in [5, 5.41) is 0. The van der Waals surface area contributed by atoms with Gasteiger partial charge in [-0.2, -0.15) is 0 Å². The fourth-order valence-corrected chi connectivity index (χ4v) is 1.76. The molecule has 1 aliphatic rings. The van der Waals surface area contributed by atoms with E-state index >= 15 is 0 Å². The summed E-state index contributed by atoms with van der Waals surface area (Å²) in [6, 6.07) is 2.66. The number of carbonyl (C=O) groups is 1. The highest BCUT2D eigenvalue weighted by Gasteiger charge is 2.17. The normalized spacial score (nSPS) is 18.5. The largest absolute Gasteiger partial charge is 0.488 e. The SMILES string of the molecule is O=C(NOC1CCCCO1)c1cc(OCC(F)F)ccn1. The molecule has 6 nitrogen and oxygen atoms in total. The minimum Gasteiger partial charge on any atom is -0.488 e. The van der Waals surface area contributed by atoms with Crippen molar-refractivity contribution >= 4 is 5.91 Å². The van der Waals surface area contributed by atoms with E-state index in [1.54, 1.807) is 0 Å². The molecular weight excluding hydrogens is 286 g/mol. The van der Waals surface area contributed by atoms with E-state index in [9.17, 15) is 13.6 Å². The molecule has 8 heteroatoms. The van der Waals surface area contributed by atoms with Crippen LogP contribution in [-0.4, -0.2) is 36.8 Å². The number of carbonyl (C=O) groups excluding carboxylic acids is 1. The van der Waals surface area contributed by atoms with Crippen molar-refractivity contribution in [3.8, 4) is 5.75 Å². The van der Waals surface area contributed by atoms with Crippen molar-refractivity contribution in [1.29, 1.82) is 0 Å². The molecule has 1 amide bonds. The van der Waals surface area contributed by atoms with Gasteiger partial charge in [0, 0.05) is 25.3 Å². The fourth-order valence-electron chi connectivity index (χ4n) is 1.76. The number of amides is 1. The Balaban J connectivity index is 1.84. The topological polar surface area (TPSA) is 69.7 Å². The van der Waals surface area contributed by atoms with Crippen LogP contribution in [0, 0.1) is 0 Å². The molecule has 1 N–H and O–H groups in total. The first-order valence-corrected chi connectivity index (χ1v) is 6.60. The maximum Gasteiger partial charge on any atom is 0.293 e. The molecule has 0 saturated carbocycles. The zero-order valence-corrected chi connectivity index (χ0v) is 11.3. The minimum atomic E-state index is -2.58. The van der Waals surface area contributed by atoms with Crippen LogP contribution < -0.4 is 10.2 Å². The molecule has 21 heavy (non-hydrogen) atoms. The van der Waals surface area contributed by atoms with Crippen LogP contribution in [0.3, 0.4) is 0 Å². The van der Waals surface area contributed by atoms with Crippen LogP contribution in [-0.2, 0) is 9.57 Å². The van der Waals surface area contributed by atoms with E-state index in [4.69, 9.17) is 14.3 Å². The van der Waals surface area contributed by atoms with Gasteiger partial charge < -0.3 is 9.47 Å². The number of alkyl halides is 2. The number of nitrogens with one attached hydrogen (secondary N) is 1. The van der Waals surface area contributed by atoms with E-state index < -0.39 is 25.2 Å². The zero-order chi connectivity index (χ0) is 15.1. The van der Waals surface area contributed by atoms with Gasteiger partial charge >= 0.3 is 0 Å². The van der Waals surface area contributed by atoms with Gasteiger partial charge in [-0.1, -0.05) is 0 Å². The van der Waals surface area contributed by atoms with Crippen molar-refractivity contribution in [2.75, 3.05) is 13.2 Å². The first-order valence-electron chi connectivity index (χ1n) is 6.60. The maximum absolute atomic E-state index is 12.1. The average molecular weight is 302 g/mol. The van der Waals surface area contributed by atoms with E-state index in [0.717, 1.165) is 12.8 Å². The van der Waals surface area contributed by atoms with Gasteiger partial charge in [0.15, 0.2) is 6.29 Å². The summed E-state index contributed by atoms with van der Waals surface area (Å²) in [7, 11) is 0. The van der Waals surface area contributed by atoms with Gasteiger partial charge in [0.25, 0.3) is 12.3 Å². The van der Waals surface area contributed by atoms with Gasteiger partial charge in [-0.05, 0) is 18.9 Å². The Hall–Kier alpha value is -1.80. The first-order chi connectivity index (χ1) is 10.1. The third-order valence-electron chi connectivity index (χ3n) is 2.76. The standard InChI is InChI=1S/C13H16F2N2O4/c14-11(15)8-20-9-4-5-16-10(7-9)13(18)17-21-12-3-1-2-6-19-12/h4-5,7,11-12H,1-3,6,8H2,(H,17,18). The predicted molar refractivity (Wildman–Crippen MR) is 67.9 cm³/mol. The van der Waals surface area contributed by atoms with Crippen LogP contribution in [0.15, 0.2) is 18.3 Å². The molecule has 1 aromatic rings. The Morgan fingerprint density at radius 2 is 2.38 bits per heavy atom. The highest BCUT2D eigenvalue weighted by atomic mass is 19.3. The van der Waals surface area contributed by atoms with Crippen LogP contribution in [0.5, 0.6) is 5.75 Å². The maximum atomic E-state index is 12.1. The Morgan fingerprint density at radius 1 is 1.52 bits per heavy atom. The molecule has 1 aromatic heterocycles. The number of rotatable bonds is 6. The summed E-state index contributed by atoms with van der Waals surface area (Å²) in [6.45, 7) is -0.146. The van der Waals surface area contributed by atoms with E-state index in [0.29, 0.717) is 13.0 Å². The number of hydrogen-bond donors (Lipinski definition) is 1. The lowest BCUT2D eigenvalue weighted by Crippen LogP contribution is -2.33. The van der Waals surface area contributed by atoms with E-state index in [-0.39, 0.29) is 11.4 Å². The predicted octanol–water partition coefficient (Wildman–Crippen LogP) is 1.91. The highest BCUT2D eigenvalue weighted by molar-refractivity contribution is 5.91. The van der Waals surface area contributed by atoms with E-state index in [1.807, 2.05) is 0 Å². The Morgan fingerprint density at radius 3 is 3.10 bits per heavy atom. The van der Waals surface area contributed by atoms with Crippen molar-refractivity contribution in [3.05, 3.63) is 24.0 Å². The number of aromatic nitrogens is 1. The Bertz CT molecular complexity index is 467. The molecule has 0 radical (unpaired) electrons. The van der Waals surface area contributed by atoms with Crippen molar-refractivity contribution < 1.29 is 27.9 Å². The van der Waals surface area contributed by atoms with Gasteiger partial charge in [0.2, 0.25) is 0 Å². The molecule has 1 unspecified atom stereocenters. The van der Waals surface area contributed by atoms with Crippen molar-refractivity contribution in [3.63, 3.8) is 0 Å². The lowest BCUT2D eigenvalue weighted by Gasteiger charge is -2.21. The van der Waals surface area contributed by atoms with Gasteiger partial charge in [-0.3, -0.25) is 9.78 Å². The fraction of sp³-hybridized carbons (Fsp3) is 0.538. The van der Waals surface area contributed by atoms with E-state index in [1.165, 1.54) is 18.3 Å². The van der Waals surface area contributed by atoms with Gasteiger partial charge in [-0.25, -0.2) is 19.1 Å². The summed E-state index contributed by atoms with van der Waals surface area (Å²) in [6.07, 6.45) is 0.885. The van der Waals surface area contributed by atoms with Crippen molar-refractivity contribution in [2.24, 2.45) is 0 Å². The monoisotopic (exact) mass is 302 g/mol. The molecular formula is C13H16F2N2O4. The number of hydrogen-bond acceptors (Lipinski definition) is 5. The highest BCUT2D eigenvalue weighted by Crippen LogP contribution is 2.14. The van der Waals surface area contributed by atoms with Crippen LogP contribution in [0.4, 0.5) is 8.78 Å². The van der Waals surface area contributed by atoms with Gasteiger partial charge in [0.05, 0.1) is 0 Å². The summed E-state index contributed by atoms with van der Waals surface area (Å²) in [5.41, 5.74) is 2.24. The van der Waals surface area contributed by atoms with Crippen LogP contribution >= 0.6 is 0 Å². The lowest BCUT2D eigenvalue weighted by atomic mass is 10.2. The summed E-state index contributed by atoms with van der Waals surface area (Å²) < 4.78 is 34.2. The molecule has 1 aliphatic heterocycles. The second kappa shape index (κ2) is 7.84. The molecule has 0 bridgehead atoms. The zero-order valence-electron chi connectivity index (χ0n) is 11.3. The number of hydroxylamine groups is 1. The lowest BCUT2D eigenvalue weighted by molar-refractivity contribution is -0.186. The first kappa shape index (κ1) is 15.6. The molecule has 2 heterocycles. The molecule has 1 atom stereocenters. The smallest absolute Gasteiger partial charge is 0.293 e. The molecule has 2 rings (SSSR count). The van der Waals surface area contributed by atoms with Gasteiger partial charge in [0.1, 0.15) is 18.1 Å². The molecule has 116 valence electrons. The van der Waals surface area contributed by atoms with Crippen molar-refractivity contribution in [2.45, 2.75) is 32.0 Å². The Labute approximate surface area is 120 Å². The molecule has 0 spiro atoms. The molecule has 1 saturated heterocycles. The van der Waals surface area contributed by atoms with Crippen LogP contribution in [0.25, 0.3) is 0 Å². The minimum absolute atomic E-state index is 0.0116. The molecule has 1 fully saturated rings. The summed E-state index contributed by atoms with van der Waals surface area (Å²) in [4.78, 5) is 20.8. The third kappa shape index (κ3) is 5.24. The van der Waals surface area contributed by atoms with Crippen molar-refractivity contribution in [1.82, 2.24) is 10.5 Å².